The lowest BCUT2D eigenvalue weighted by atomic mass is 10.1. The van der Waals surface area contributed by atoms with E-state index in [2.05, 4.69) is 4.90 Å². The van der Waals surface area contributed by atoms with E-state index in [1.54, 1.807) is 12.1 Å². The molecule has 0 saturated carbocycles. The zero-order valence-electron chi connectivity index (χ0n) is 11.2. The number of rotatable bonds is 7. The molecule has 0 aromatic heterocycles. The van der Waals surface area contributed by atoms with Gasteiger partial charge in [-0.25, -0.2) is 0 Å². The van der Waals surface area contributed by atoms with E-state index in [9.17, 15) is 10.1 Å². The van der Waals surface area contributed by atoms with E-state index in [1.807, 2.05) is 21.0 Å². The highest BCUT2D eigenvalue weighted by Crippen LogP contribution is 2.25. The molecular formula is C13H20N2O3. The third-order valence-electron chi connectivity index (χ3n) is 2.65. The minimum atomic E-state index is -0.356. The van der Waals surface area contributed by atoms with E-state index in [4.69, 9.17) is 4.74 Å². The van der Waals surface area contributed by atoms with Crippen molar-refractivity contribution in [2.75, 3.05) is 27.2 Å². The van der Waals surface area contributed by atoms with Gasteiger partial charge in [-0.15, -0.1) is 0 Å². The number of hydrogen-bond donors (Lipinski definition) is 0. The molecule has 0 fully saturated rings. The Balaban J connectivity index is 2.62. The van der Waals surface area contributed by atoms with Gasteiger partial charge in [-0.2, -0.15) is 0 Å². The summed E-state index contributed by atoms with van der Waals surface area (Å²) in [5.74, 6) is 0.567. The van der Waals surface area contributed by atoms with Crippen LogP contribution in [0.2, 0.25) is 0 Å². The third-order valence-corrected chi connectivity index (χ3v) is 2.65. The maximum atomic E-state index is 10.9. The first-order valence-electron chi connectivity index (χ1n) is 6.09. The predicted octanol–water partition coefficient (Wildman–Crippen LogP) is 2.49. The van der Waals surface area contributed by atoms with Crippen LogP contribution in [0.1, 0.15) is 18.9 Å². The molecule has 0 aliphatic carbocycles. The van der Waals surface area contributed by atoms with Crippen LogP contribution in [0.3, 0.4) is 0 Å². The van der Waals surface area contributed by atoms with Crippen LogP contribution in [-0.2, 0) is 6.42 Å². The van der Waals surface area contributed by atoms with E-state index >= 15 is 0 Å². The van der Waals surface area contributed by atoms with E-state index in [-0.39, 0.29) is 10.6 Å². The van der Waals surface area contributed by atoms with Crippen molar-refractivity contribution in [3.05, 3.63) is 33.9 Å². The molecule has 0 atom stereocenters. The summed E-state index contributed by atoms with van der Waals surface area (Å²) in [6.07, 6.45) is 1.55. The molecule has 0 amide bonds. The first-order chi connectivity index (χ1) is 8.54. The van der Waals surface area contributed by atoms with Gasteiger partial charge in [-0.1, -0.05) is 6.92 Å². The summed E-state index contributed by atoms with van der Waals surface area (Å²) in [6.45, 7) is 3.41. The maximum Gasteiger partial charge on any atom is 0.276 e. The van der Waals surface area contributed by atoms with Gasteiger partial charge in [0.1, 0.15) is 5.75 Å². The summed E-state index contributed by atoms with van der Waals surface area (Å²) in [7, 11) is 4.00. The summed E-state index contributed by atoms with van der Waals surface area (Å²) < 4.78 is 5.52. The SMILES string of the molecule is CCc1ccc(OCCCN(C)C)cc1[N+](=O)[O-]. The van der Waals surface area contributed by atoms with Crippen molar-refractivity contribution in [1.82, 2.24) is 4.90 Å². The molecule has 0 aliphatic rings. The van der Waals surface area contributed by atoms with E-state index in [0.717, 1.165) is 18.5 Å². The Bertz CT molecular complexity index is 405. The zero-order valence-corrected chi connectivity index (χ0v) is 11.2. The normalized spacial score (nSPS) is 10.7. The van der Waals surface area contributed by atoms with Gasteiger partial charge >= 0.3 is 0 Å². The van der Waals surface area contributed by atoms with Crippen LogP contribution in [0.15, 0.2) is 18.2 Å². The van der Waals surface area contributed by atoms with Crippen molar-refractivity contribution in [1.29, 1.82) is 0 Å². The quantitative estimate of drug-likeness (QED) is 0.425. The van der Waals surface area contributed by atoms with Crippen LogP contribution in [-0.4, -0.2) is 37.1 Å². The van der Waals surface area contributed by atoms with Crippen LogP contribution in [0, 0.1) is 10.1 Å². The predicted molar refractivity (Wildman–Crippen MR) is 71.1 cm³/mol. The number of nitro groups is 1. The fourth-order valence-corrected chi connectivity index (χ4v) is 1.67. The Morgan fingerprint density at radius 1 is 1.39 bits per heavy atom. The molecule has 0 bridgehead atoms. The Morgan fingerprint density at radius 3 is 2.67 bits per heavy atom. The fourth-order valence-electron chi connectivity index (χ4n) is 1.67. The Hall–Kier alpha value is -1.62. The molecule has 1 aromatic rings. The minimum absolute atomic E-state index is 0.141. The van der Waals surface area contributed by atoms with Crippen LogP contribution >= 0.6 is 0 Å². The summed E-state index contributed by atoms with van der Waals surface area (Å²) in [6, 6.07) is 5.06. The van der Waals surface area contributed by atoms with Crippen molar-refractivity contribution in [3.8, 4) is 5.75 Å². The van der Waals surface area contributed by atoms with Crippen molar-refractivity contribution < 1.29 is 9.66 Å². The lowest BCUT2D eigenvalue weighted by Gasteiger charge is -2.10. The molecule has 0 aliphatic heterocycles. The monoisotopic (exact) mass is 252 g/mol. The molecule has 100 valence electrons. The lowest BCUT2D eigenvalue weighted by Crippen LogP contribution is -2.15. The van der Waals surface area contributed by atoms with Gasteiger partial charge in [0.15, 0.2) is 0 Å². The molecule has 0 radical (unpaired) electrons. The van der Waals surface area contributed by atoms with Crippen molar-refractivity contribution >= 4 is 5.69 Å². The van der Waals surface area contributed by atoms with Crippen LogP contribution in [0.5, 0.6) is 5.75 Å². The number of benzene rings is 1. The van der Waals surface area contributed by atoms with Gasteiger partial charge in [0.25, 0.3) is 5.69 Å². The van der Waals surface area contributed by atoms with Crippen LogP contribution < -0.4 is 4.74 Å². The van der Waals surface area contributed by atoms with Gasteiger partial charge < -0.3 is 9.64 Å². The third kappa shape index (κ3) is 4.33. The summed E-state index contributed by atoms with van der Waals surface area (Å²) in [5, 5.41) is 10.9. The van der Waals surface area contributed by atoms with Crippen molar-refractivity contribution in [3.63, 3.8) is 0 Å². The Kier molecular flexibility index (Phi) is 5.58. The topological polar surface area (TPSA) is 55.6 Å². The average Bonchev–Trinajstić information content (AvgIpc) is 2.34. The molecule has 5 heteroatoms. The van der Waals surface area contributed by atoms with Gasteiger partial charge in [0.2, 0.25) is 0 Å². The van der Waals surface area contributed by atoms with Gasteiger partial charge in [-0.3, -0.25) is 10.1 Å². The molecular weight excluding hydrogens is 232 g/mol. The molecule has 0 heterocycles. The largest absolute Gasteiger partial charge is 0.493 e. The summed E-state index contributed by atoms with van der Waals surface area (Å²) in [4.78, 5) is 12.6. The number of nitro benzene ring substituents is 1. The number of aryl methyl sites for hydroxylation is 1. The van der Waals surface area contributed by atoms with Gasteiger partial charge in [0.05, 0.1) is 17.6 Å². The Morgan fingerprint density at radius 2 is 2.11 bits per heavy atom. The smallest absolute Gasteiger partial charge is 0.276 e. The molecule has 18 heavy (non-hydrogen) atoms. The Labute approximate surface area is 108 Å². The fraction of sp³-hybridized carbons (Fsp3) is 0.538. The maximum absolute atomic E-state index is 10.9. The van der Waals surface area contributed by atoms with Gasteiger partial charge in [-0.05, 0) is 39.1 Å². The van der Waals surface area contributed by atoms with Crippen LogP contribution in [0.25, 0.3) is 0 Å². The molecule has 0 unspecified atom stereocenters. The highest BCUT2D eigenvalue weighted by atomic mass is 16.6. The molecule has 1 aromatic carbocycles. The molecule has 0 spiro atoms. The molecule has 0 saturated heterocycles. The zero-order chi connectivity index (χ0) is 13.5. The van der Waals surface area contributed by atoms with E-state index in [0.29, 0.717) is 18.8 Å². The lowest BCUT2D eigenvalue weighted by molar-refractivity contribution is -0.385. The standard InChI is InChI=1S/C13H20N2O3/c1-4-11-6-7-12(10-13(11)15(16)17)18-9-5-8-14(2)3/h6-7,10H,4-5,8-9H2,1-3H3. The first-order valence-corrected chi connectivity index (χ1v) is 6.09. The van der Waals surface area contributed by atoms with E-state index < -0.39 is 0 Å². The summed E-state index contributed by atoms with van der Waals surface area (Å²) in [5.41, 5.74) is 0.878. The number of nitrogens with zero attached hydrogens (tertiary/aromatic N) is 2. The highest BCUT2D eigenvalue weighted by molar-refractivity contribution is 5.45. The average molecular weight is 252 g/mol. The second-order valence-electron chi connectivity index (χ2n) is 4.41. The van der Waals surface area contributed by atoms with Gasteiger partial charge in [0, 0.05) is 12.1 Å². The van der Waals surface area contributed by atoms with Crippen molar-refractivity contribution in [2.45, 2.75) is 19.8 Å². The highest BCUT2D eigenvalue weighted by Gasteiger charge is 2.13. The number of ether oxygens (including phenoxy) is 1. The van der Waals surface area contributed by atoms with Crippen molar-refractivity contribution in [2.24, 2.45) is 0 Å². The first kappa shape index (κ1) is 14.4. The number of hydrogen-bond acceptors (Lipinski definition) is 4. The molecule has 5 nitrogen and oxygen atoms in total. The van der Waals surface area contributed by atoms with E-state index in [1.165, 1.54) is 6.07 Å². The second-order valence-corrected chi connectivity index (χ2v) is 4.41. The molecule has 0 N–H and O–H groups in total. The second kappa shape index (κ2) is 6.96. The summed E-state index contributed by atoms with van der Waals surface area (Å²) >= 11 is 0. The molecule has 1 rings (SSSR count). The minimum Gasteiger partial charge on any atom is -0.493 e. The van der Waals surface area contributed by atoms with Crippen LogP contribution in [0.4, 0.5) is 5.69 Å².